The Hall–Kier alpha value is -1.68. The van der Waals surface area contributed by atoms with Gasteiger partial charge in [0.1, 0.15) is 11.6 Å². The molecule has 0 aliphatic rings. The number of nitrogen functional groups attached to an aromatic ring is 1. The third kappa shape index (κ3) is 1.72. The summed E-state index contributed by atoms with van der Waals surface area (Å²) in [5.41, 5.74) is 8.46. The van der Waals surface area contributed by atoms with E-state index >= 15 is 0 Å². The molecule has 5 heteroatoms. The number of halogens is 1. The van der Waals surface area contributed by atoms with Crippen molar-refractivity contribution in [3.63, 3.8) is 0 Å². The van der Waals surface area contributed by atoms with Crippen LogP contribution >= 0.6 is 11.6 Å². The van der Waals surface area contributed by atoms with Crippen molar-refractivity contribution < 1.29 is 4.74 Å². The molecule has 0 atom stereocenters. The second-order valence-electron chi connectivity index (χ2n) is 3.52. The second-order valence-corrected chi connectivity index (χ2v) is 3.93. The summed E-state index contributed by atoms with van der Waals surface area (Å²) in [7, 11) is 1.58. The third-order valence-corrected chi connectivity index (χ3v) is 2.63. The molecular weight excluding hydrogens is 226 g/mol. The van der Waals surface area contributed by atoms with Crippen LogP contribution in [-0.2, 0) is 0 Å². The average Bonchev–Trinajstić information content (AvgIpc) is 2.63. The molecule has 3 N–H and O–H groups in total. The van der Waals surface area contributed by atoms with Gasteiger partial charge in [-0.05, 0) is 24.6 Å². The molecule has 0 saturated carbocycles. The number of methoxy groups -OCH3 is 1. The lowest BCUT2D eigenvalue weighted by atomic mass is 10.0. The summed E-state index contributed by atoms with van der Waals surface area (Å²) >= 11 is 6.11. The van der Waals surface area contributed by atoms with Crippen molar-refractivity contribution in [3.05, 3.63) is 28.9 Å². The van der Waals surface area contributed by atoms with Gasteiger partial charge in [0.2, 0.25) is 0 Å². The highest BCUT2D eigenvalue weighted by atomic mass is 35.5. The van der Waals surface area contributed by atoms with Crippen LogP contribution < -0.4 is 10.5 Å². The molecule has 0 fully saturated rings. The molecule has 0 aliphatic heterocycles. The lowest BCUT2D eigenvalue weighted by Gasteiger charge is -2.10. The Bertz CT molecular complexity index is 522. The fourth-order valence-electron chi connectivity index (χ4n) is 1.65. The fourth-order valence-corrected chi connectivity index (χ4v) is 2.00. The number of aromatic nitrogens is 2. The van der Waals surface area contributed by atoms with E-state index in [1.54, 1.807) is 13.3 Å². The molecule has 0 saturated heterocycles. The predicted molar refractivity (Wildman–Crippen MR) is 64.7 cm³/mol. The standard InChI is InChI=1S/C11H12ClN3O/c1-6-3-7(8-5-14-15-11(8)13)10(16-2)9(12)4-6/h3-5H,1-2H3,(H3,13,14,15). The number of nitrogens with two attached hydrogens (primary N) is 1. The monoisotopic (exact) mass is 237 g/mol. The van der Waals surface area contributed by atoms with Crippen LogP contribution in [0.1, 0.15) is 5.56 Å². The molecule has 4 nitrogen and oxygen atoms in total. The van der Waals surface area contributed by atoms with E-state index in [-0.39, 0.29) is 0 Å². The van der Waals surface area contributed by atoms with E-state index in [1.807, 2.05) is 19.1 Å². The predicted octanol–water partition coefficient (Wildman–Crippen LogP) is 2.63. The molecule has 1 aromatic heterocycles. The molecule has 2 aromatic rings. The number of H-pyrrole nitrogens is 1. The summed E-state index contributed by atoms with van der Waals surface area (Å²) in [6, 6.07) is 3.81. The van der Waals surface area contributed by atoms with E-state index in [2.05, 4.69) is 10.2 Å². The van der Waals surface area contributed by atoms with Crippen LogP contribution in [0, 0.1) is 6.92 Å². The van der Waals surface area contributed by atoms with Crippen LogP contribution in [0.3, 0.4) is 0 Å². The van der Waals surface area contributed by atoms with Gasteiger partial charge < -0.3 is 10.5 Å². The Labute approximate surface area is 98.4 Å². The Morgan fingerprint density at radius 2 is 2.12 bits per heavy atom. The lowest BCUT2D eigenvalue weighted by Crippen LogP contribution is -1.93. The van der Waals surface area contributed by atoms with E-state index in [1.165, 1.54) is 0 Å². The number of anilines is 1. The highest BCUT2D eigenvalue weighted by Gasteiger charge is 2.14. The minimum Gasteiger partial charge on any atom is -0.495 e. The third-order valence-electron chi connectivity index (χ3n) is 2.35. The molecule has 0 spiro atoms. The maximum absolute atomic E-state index is 6.11. The summed E-state index contributed by atoms with van der Waals surface area (Å²) in [5, 5.41) is 7.14. The maximum atomic E-state index is 6.11. The molecule has 1 heterocycles. The van der Waals surface area contributed by atoms with Crippen molar-refractivity contribution >= 4 is 17.4 Å². The first-order valence-electron chi connectivity index (χ1n) is 4.77. The molecule has 1 aromatic carbocycles. The Morgan fingerprint density at radius 3 is 2.69 bits per heavy atom. The number of rotatable bonds is 2. The molecular formula is C11H12ClN3O. The number of nitrogens with zero attached hydrogens (tertiary/aromatic N) is 1. The second kappa shape index (κ2) is 4.06. The Kier molecular flexibility index (Phi) is 2.75. The Morgan fingerprint density at radius 1 is 1.38 bits per heavy atom. The van der Waals surface area contributed by atoms with Crippen LogP contribution in [0.25, 0.3) is 11.1 Å². The molecule has 0 radical (unpaired) electrons. The first kappa shape index (κ1) is 10.8. The Balaban J connectivity index is 2.68. The molecule has 16 heavy (non-hydrogen) atoms. The minimum absolute atomic E-state index is 0.500. The van der Waals surface area contributed by atoms with Crippen LogP contribution in [0.2, 0.25) is 5.02 Å². The van der Waals surface area contributed by atoms with Crippen LogP contribution in [-0.4, -0.2) is 17.3 Å². The van der Waals surface area contributed by atoms with Gasteiger partial charge in [0, 0.05) is 11.1 Å². The van der Waals surface area contributed by atoms with Crippen molar-refractivity contribution in [2.24, 2.45) is 0 Å². The molecule has 2 rings (SSSR count). The number of aromatic amines is 1. The summed E-state index contributed by atoms with van der Waals surface area (Å²) in [6.45, 7) is 1.96. The van der Waals surface area contributed by atoms with Gasteiger partial charge in [-0.15, -0.1) is 0 Å². The number of hydrogen-bond donors (Lipinski definition) is 2. The number of hydrogen-bond acceptors (Lipinski definition) is 3. The number of nitrogens with one attached hydrogen (secondary N) is 1. The van der Waals surface area contributed by atoms with Gasteiger partial charge in [-0.1, -0.05) is 11.6 Å². The summed E-state index contributed by atoms with van der Waals surface area (Å²) in [6.07, 6.45) is 1.66. The van der Waals surface area contributed by atoms with Crippen molar-refractivity contribution in [3.8, 4) is 16.9 Å². The zero-order valence-corrected chi connectivity index (χ0v) is 9.80. The van der Waals surface area contributed by atoms with E-state index in [0.717, 1.165) is 16.7 Å². The van der Waals surface area contributed by atoms with Crippen LogP contribution in [0.15, 0.2) is 18.3 Å². The minimum atomic E-state index is 0.500. The first-order chi connectivity index (χ1) is 7.63. The van der Waals surface area contributed by atoms with Crippen LogP contribution in [0.4, 0.5) is 5.82 Å². The van der Waals surface area contributed by atoms with Crippen molar-refractivity contribution in [1.82, 2.24) is 10.2 Å². The van der Waals surface area contributed by atoms with Gasteiger partial charge in [-0.25, -0.2) is 0 Å². The van der Waals surface area contributed by atoms with E-state index < -0.39 is 0 Å². The van der Waals surface area contributed by atoms with E-state index in [9.17, 15) is 0 Å². The maximum Gasteiger partial charge on any atom is 0.145 e. The zero-order chi connectivity index (χ0) is 11.7. The summed E-state index contributed by atoms with van der Waals surface area (Å²) < 4.78 is 5.28. The molecule has 0 unspecified atom stereocenters. The highest BCUT2D eigenvalue weighted by Crippen LogP contribution is 2.38. The number of benzene rings is 1. The van der Waals surface area contributed by atoms with Gasteiger partial charge in [0.15, 0.2) is 0 Å². The first-order valence-corrected chi connectivity index (χ1v) is 5.14. The van der Waals surface area contributed by atoms with E-state index in [0.29, 0.717) is 16.6 Å². The van der Waals surface area contributed by atoms with Crippen molar-refractivity contribution in [1.29, 1.82) is 0 Å². The van der Waals surface area contributed by atoms with Crippen LogP contribution in [0.5, 0.6) is 5.75 Å². The summed E-state index contributed by atoms with van der Waals surface area (Å²) in [4.78, 5) is 0. The fraction of sp³-hybridized carbons (Fsp3) is 0.182. The number of aryl methyl sites for hydroxylation is 1. The normalized spacial score (nSPS) is 10.4. The van der Waals surface area contributed by atoms with Gasteiger partial charge in [0.25, 0.3) is 0 Å². The van der Waals surface area contributed by atoms with Gasteiger partial charge in [-0.2, -0.15) is 5.10 Å². The smallest absolute Gasteiger partial charge is 0.145 e. The average molecular weight is 238 g/mol. The topological polar surface area (TPSA) is 63.9 Å². The van der Waals surface area contributed by atoms with Gasteiger partial charge in [0.05, 0.1) is 18.3 Å². The van der Waals surface area contributed by atoms with Crippen molar-refractivity contribution in [2.45, 2.75) is 6.92 Å². The lowest BCUT2D eigenvalue weighted by molar-refractivity contribution is 0.416. The van der Waals surface area contributed by atoms with E-state index in [4.69, 9.17) is 22.1 Å². The molecule has 0 aliphatic carbocycles. The van der Waals surface area contributed by atoms with Crippen molar-refractivity contribution in [2.75, 3.05) is 12.8 Å². The largest absolute Gasteiger partial charge is 0.495 e. The molecule has 0 bridgehead atoms. The van der Waals surface area contributed by atoms with Gasteiger partial charge >= 0.3 is 0 Å². The molecule has 0 amide bonds. The highest BCUT2D eigenvalue weighted by molar-refractivity contribution is 6.32. The number of ether oxygens (including phenoxy) is 1. The molecule has 84 valence electrons. The SMILES string of the molecule is COc1c(Cl)cc(C)cc1-c1cn[nH]c1N. The zero-order valence-electron chi connectivity index (χ0n) is 9.04. The summed E-state index contributed by atoms with van der Waals surface area (Å²) in [5.74, 6) is 1.11. The van der Waals surface area contributed by atoms with Gasteiger partial charge in [-0.3, -0.25) is 5.10 Å². The quantitative estimate of drug-likeness (QED) is 0.844.